The summed E-state index contributed by atoms with van der Waals surface area (Å²) in [6, 6.07) is 13.8. The van der Waals surface area contributed by atoms with Gasteiger partial charge in [0.2, 0.25) is 11.8 Å². The fourth-order valence-corrected chi connectivity index (χ4v) is 2.12. The van der Waals surface area contributed by atoms with E-state index in [1.165, 1.54) is 0 Å². The molecule has 2 amide bonds. The molecule has 0 saturated carbocycles. The normalized spacial score (nSPS) is 10.2. The number of carbonyl (C=O) groups is 2. The summed E-state index contributed by atoms with van der Waals surface area (Å²) in [5.74, 6) is -0.314. The molecule has 0 spiro atoms. The zero-order valence-corrected chi connectivity index (χ0v) is 11.5. The number of carbonyl (C=O) groups excluding carboxylic acids is 2. The molecule has 0 aliphatic heterocycles. The molecule has 4 nitrogen and oxygen atoms in total. The van der Waals surface area contributed by atoms with Crippen molar-refractivity contribution in [3.05, 3.63) is 48.0 Å². The van der Waals surface area contributed by atoms with Crippen molar-refractivity contribution in [2.45, 2.75) is 13.3 Å². The van der Waals surface area contributed by atoms with Gasteiger partial charge in [-0.15, -0.1) is 0 Å². The number of likely N-dealkylation sites (N-methyl/N-ethyl adjacent to an activating group) is 1. The fourth-order valence-electron chi connectivity index (χ4n) is 2.12. The number of hydrogen-bond donors (Lipinski definition) is 2. The van der Waals surface area contributed by atoms with Crippen LogP contribution in [-0.4, -0.2) is 24.9 Å². The van der Waals surface area contributed by atoms with Crippen LogP contribution >= 0.6 is 0 Å². The van der Waals surface area contributed by atoms with Crippen molar-refractivity contribution in [3.63, 3.8) is 0 Å². The number of rotatable bonds is 5. The van der Waals surface area contributed by atoms with E-state index in [-0.39, 0.29) is 24.8 Å². The van der Waals surface area contributed by atoms with Crippen molar-refractivity contribution in [1.29, 1.82) is 0 Å². The SMILES string of the molecule is CCNC(=O)CNC(=O)Cc1cccc2ccccc12. The number of nitrogens with one attached hydrogen (secondary N) is 2. The van der Waals surface area contributed by atoms with E-state index in [1.807, 2.05) is 49.4 Å². The molecule has 0 aliphatic carbocycles. The second-order valence-electron chi connectivity index (χ2n) is 4.55. The average Bonchev–Trinajstić information content (AvgIpc) is 2.46. The van der Waals surface area contributed by atoms with Gasteiger partial charge in [-0.1, -0.05) is 42.5 Å². The van der Waals surface area contributed by atoms with Gasteiger partial charge >= 0.3 is 0 Å². The van der Waals surface area contributed by atoms with Gasteiger partial charge in [0.05, 0.1) is 13.0 Å². The Kier molecular flexibility index (Phi) is 4.71. The molecular weight excluding hydrogens is 252 g/mol. The zero-order valence-electron chi connectivity index (χ0n) is 11.5. The molecule has 2 rings (SSSR count). The minimum Gasteiger partial charge on any atom is -0.355 e. The highest BCUT2D eigenvalue weighted by Gasteiger charge is 2.08. The lowest BCUT2D eigenvalue weighted by molar-refractivity contribution is -0.125. The Bertz CT molecular complexity index is 617. The first-order valence-corrected chi connectivity index (χ1v) is 6.70. The average molecular weight is 270 g/mol. The largest absolute Gasteiger partial charge is 0.355 e. The minimum absolute atomic E-state index is 0.0252. The molecule has 0 bridgehead atoms. The second-order valence-corrected chi connectivity index (χ2v) is 4.55. The topological polar surface area (TPSA) is 58.2 Å². The van der Waals surface area contributed by atoms with Crippen LogP contribution in [0.2, 0.25) is 0 Å². The van der Waals surface area contributed by atoms with Gasteiger partial charge < -0.3 is 10.6 Å². The number of fused-ring (bicyclic) bond motifs is 1. The first-order chi connectivity index (χ1) is 9.70. The fraction of sp³-hybridized carbons (Fsp3) is 0.250. The highest BCUT2D eigenvalue weighted by Crippen LogP contribution is 2.18. The third kappa shape index (κ3) is 3.57. The van der Waals surface area contributed by atoms with Gasteiger partial charge in [0.25, 0.3) is 0 Å². The quantitative estimate of drug-likeness (QED) is 0.867. The van der Waals surface area contributed by atoms with Crippen LogP contribution in [0.1, 0.15) is 12.5 Å². The van der Waals surface area contributed by atoms with Crippen LogP contribution in [-0.2, 0) is 16.0 Å². The molecule has 2 aromatic carbocycles. The molecule has 0 heterocycles. The lowest BCUT2D eigenvalue weighted by atomic mass is 10.0. The van der Waals surface area contributed by atoms with Crippen LogP contribution in [0.3, 0.4) is 0 Å². The zero-order chi connectivity index (χ0) is 14.4. The predicted molar refractivity (Wildman–Crippen MR) is 79.3 cm³/mol. The Morgan fingerprint density at radius 3 is 2.50 bits per heavy atom. The van der Waals surface area contributed by atoms with Crippen molar-refractivity contribution in [3.8, 4) is 0 Å². The summed E-state index contributed by atoms with van der Waals surface area (Å²) in [6.07, 6.45) is 0.279. The Labute approximate surface area is 118 Å². The molecule has 0 aliphatic rings. The van der Waals surface area contributed by atoms with E-state index >= 15 is 0 Å². The van der Waals surface area contributed by atoms with Crippen LogP contribution in [0.15, 0.2) is 42.5 Å². The molecule has 0 atom stereocenters. The third-order valence-electron chi connectivity index (χ3n) is 3.05. The Balaban J connectivity index is 2.01. The summed E-state index contributed by atoms with van der Waals surface area (Å²) in [6.45, 7) is 2.44. The lowest BCUT2D eigenvalue weighted by Crippen LogP contribution is -2.37. The second kappa shape index (κ2) is 6.70. The number of hydrogen-bond acceptors (Lipinski definition) is 2. The molecule has 4 heteroatoms. The van der Waals surface area contributed by atoms with E-state index in [0.717, 1.165) is 16.3 Å². The van der Waals surface area contributed by atoms with Gasteiger partial charge in [-0.25, -0.2) is 0 Å². The predicted octanol–water partition coefficient (Wildman–Crippen LogP) is 1.63. The molecule has 0 unspecified atom stereocenters. The van der Waals surface area contributed by atoms with Gasteiger partial charge in [0, 0.05) is 6.54 Å². The lowest BCUT2D eigenvalue weighted by Gasteiger charge is -2.08. The summed E-state index contributed by atoms with van der Waals surface area (Å²) >= 11 is 0. The van der Waals surface area contributed by atoms with E-state index < -0.39 is 0 Å². The van der Waals surface area contributed by atoms with Crippen molar-refractivity contribution in [2.75, 3.05) is 13.1 Å². The molecule has 104 valence electrons. The first-order valence-electron chi connectivity index (χ1n) is 6.70. The highest BCUT2D eigenvalue weighted by atomic mass is 16.2. The van der Waals surface area contributed by atoms with Gasteiger partial charge in [-0.3, -0.25) is 9.59 Å². The van der Waals surface area contributed by atoms with E-state index in [1.54, 1.807) is 0 Å². The Hall–Kier alpha value is -2.36. The number of amides is 2. The maximum atomic E-state index is 11.9. The number of benzene rings is 2. The summed E-state index contributed by atoms with van der Waals surface area (Å²) in [7, 11) is 0. The van der Waals surface area contributed by atoms with E-state index in [9.17, 15) is 9.59 Å². The molecule has 2 aromatic rings. The molecule has 2 N–H and O–H groups in total. The maximum Gasteiger partial charge on any atom is 0.239 e. The van der Waals surface area contributed by atoms with Gasteiger partial charge in [0.1, 0.15) is 0 Å². The smallest absolute Gasteiger partial charge is 0.239 e. The van der Waals surface area contributed by atoms with Gasteiger partial charge in [-0.2, -0.15) is 0 Å². The van der Waals surface area contributed by atoms with Crippen LogP contribution in [0.25, 0.3) is 10.8 Å². The van der Waals surface area contributed by atoms with Crippen molar-refractivity contribution in [1.82, 2.24) is 10.6 Å². The highest BCUT2D eigenvalue weighted by molar-refractivity contribution is 5.91. The summed E-state index contributed by atoms with van der Waals surface area (Å²) in [5, 5.41) is 7.46. The Morgan fingerprint density at radius 1 is 0.950 bits per heavy atom. The molecule has 0 radical (unpaired) electrons. The molecule has 0 fully saturated rings. The molecule has 0 saturated heterocycles. The van der Waals surface area contributed by atoms with E-state index in [0.29, 0.717) is 6.54 Å². The van der Waals surface area contributed by atoms with E-state index in [2.05, 4.69) is 10.6 Å². The third-order valence-corrected chi connectivity index (χ3v) is 3.05. The molecule has 0 aromatic heterocycles. The standard InChI is InChI=1S/C16H18N2O2/c1-2-17-16(20)11-18-15(19)10-13-8-5-7-12-6-3-4-9-14(12)13/h3-9H,2,10-11H2,1H3,(H,17,20)(H,18,19). The van der Waals surface area contributed by atoms with E-state index in [4.69, 9.17) is 0 Å². The maximum absolute atomic E-state index is 11.9. The first kappa shape index (κ1) is 14.1. The van der Waals surface area contributed by atoms with Crippen LogP contribution in [0.5, 0.6) is 0 Å². The Morgan fingerprint density at radius 2 is 1.70 bits per heavy atom. The van der Waals surface area contributed by atoms with Crippen molar-refractivity contribution < 1.29 is 9.59 Å². The summed E-state index contributed by atoms with van der Waals surface area (Å²) in [4.78, 5) is 23.2. The van der Waals surface area contributed by atoms with Crippen LogP contribution < -0.4 is 10.6 Å². The van der Waals surface area contributed by atoms with Crippen LogP contribution in [0.4, 0.5) is 0 Å². The van der Waals surface area contributed by atoms with Crippen LogP contribution in [0, 0.1) is 0 Å². The molecular formula is C16H18N2O2. The van der Waals surface area contributed by atoms with Gasteiger partial charge in [-0.05, 0) is 23.3 Å². The summed E-state index contributed by atoms with van der Waals surface area (Å²) in [5.41, 5.74) is 0.969. The van der Waals surface area contributed by atoms with Crippen molar-refractivity contribution in [2.24, 2.45) is 0 Å². The minimum atomic E-state index is -0.168. The van der Waals surface area contributed by atoms with Crippen molar-refractivity contribution >= 4 is 22.6 Å². The molecule has 20 heavy (non-hydrogen) atoms. The monoisotopic (exact) mass is 270 g/mol. The van der Waals surface area contributed by atoms with Gasteiger partial charge in [0.15, 0.2) is 0 Å². The summed E-state index contributed by atoms with van der Waals surface area (Å²) < 4.78 is 0.